The van der Waals surface area contributed by atoms with Gasteiger partial charge < -0.3 is 15.4 Å². The van der Waals surface area contributed by atoms with E-state index in [4.69, 9.17) is 4.74 Å². The lowest BCUT2D eigenvalue weighted by atomic mass is 10.0. The van der Waals surface area contributed by atoms with Crippen LogP contribution in [-0.4, -0.2) is 18.6 Å². The molecule has 2 heterocycles. The highest BCUT2D eigenvalue weighted by molar-refractivity contribution is 5.94. The molecule has 1 aromatic carbocycles. The number of benzene rings is 1. The van der Waals surface area contributed by atoms with Gasteiger partial charge in [-0.2, -0.15) is 0 Å². The number of rotatable bonds is 3. The van der Waals surface area contributed by atoms with Crippen LogP contribution in [0.5, 0.6) is 0 Å². The molecule has 106 valence electrons. The van der Waals surface area contributed by atoms with E-state index in [1.165, 1.54) is 6.07 Å². The van der Waals surface area contributed by atoms with E-state index in [1.54, 1.807) is 12.3 Å². The maximum Gasteiger partial charge on any atom is 0.224 e. The summed E-state index contributed by atoms with van der Waals surface area (Å²) < 4.78 is 19.4. The maximum atomic E-state index is 14.0. The van der Waals surface area contributed by atoms with Crippen molar-refractivity contribution in [3.05, 3.63) is 35.9 Å². The third-order valence-electron chi connectivity index (χ3n) is 3.63. The van der Waals surface area contributed by atoms with Gasteiger partial charge in [0.25, 0.3) is 0 Å². The Hall–Kier alpha value is -2.04. The van der Waals surface area contributed by atoms with E-state index in [1.807, 2.05) is 6.08 Å². The Morgan fingerprint density at radius 1 is 1.40 bits per heavy atom. The molecule has 2 aliphatic heterocycles. The van der Waals surface area contributed by atoms with Crippen molar-refractivity contribution in [3.8, 4) is 0 Å². The zero-order chi connectivity index (χ0) is 13.9. The van der Waals surface area contributed by atoms with Crippen molar-refractivity contribution in [1.82, 2.24) is 0 Å². The number of fused-ring (bicyclic) bond motifs is 1. The van der Waals surface area contributed by atoms with E-state index < -0.39 is 0 Å². The Morgan fingerprint density at radius 2 is 2.30 bits per heavy atom. The molecule has 3 rings (SSSR count). The average Bonchev–Trinajstić information content (AvgIpc) is 2.46. The van der Waals surface area contributed by atoms with Crippen molar-refractivity contribution in [2.24, 2.45) is 0 Å². The van der Waals surface area contributed by atoms with Crippen molar-refractivity contribution in [1.29, 1.82) is 0 Å². The Bertz CT molecular complexity index is 557. The maximum absolute atomic E-state index is 14.0. The average molecular weight is 276 g/mol. The molecule has 0 radical (unpaired) electrons. The number of anilines is 2. The van der Waals surface area contributed by atoms with Crippen LogP contribution in [0.1, 0.15) is 24.8 Å². The molecule has 0 aliphatic carbocycles. The predicted octanol–water partition coefficient (Wildman–Crippen LogP) is 2.82. The van der Waals surface area contributed by atoms with E-state index in [2.05, 4.69) is 10.6 Å². The molecule has 2 aliphatic rings. The van der Waals surface area contributed by atoms with Crippen LogP contribution in [0.4, 0.5) is 15.8 Å². The zero-order valence-electron chi connectivity index (χ0n) is 11.1. The molecule has 4 nitrogen and oxygen atoms in total. The number of hydrogen-bond acceptors (Lipinski definition) is 3. The van der Waals surface area contributed by atoms with Crippen molar-refractivity contribution in [2.75, 3.05) is 17.2 Å². The predicted molar refractivity (Wildman–Crippen MR) is 75.1 cm³/mol. The largest absolute Gasteiger partial charge is 0.497 e. The second kappa shape index (κ2) is 5.53. The van der Waals surface area contributed by atoms with E-state index >= 15 is 0 Å². The van der Waals surface area contributed by atoms with Gasteiger partial charge in [-0.3, -0.25) is 4.79 Å². The number of ether oxygens (including phenoxy) is 1. The zero-order valence-corrected chi connectivity index (χ0v) is 11.1. The first-order valence-electron chi connectivity index (χ1n) is 6.89. The van der Waals surface area contributed by atoms with Crippen LogP contribution in [-0.2, 0) is 16.0 Å². The van der Waals surface area contributed by atoms with Crippen LogP contribution in [0, 0.1) is 5.82 Å². The monoisotopic (exact) mass is 276 g/mol. The highest BCUT2D eigenvalue weighted by Crippen LogP contribution is 2.28. The van der Waals surface area contributed by atoms with Crippen LogP contribution in [0.3, 0.4) is 0 Å². The Kier molecular flexibility index (Phi) is 3.58. The highest BCUT2D eigenvalue weighted by atomic mass is 19.1. The minimum atomic E-state index is -0.286. The second-order valence-corrected chi connectivity index (χ2v) is 5.13. The second-order valence-electron chi connectivity index (χ2n) is 5.13. The van der Waals surface area contributed by atoms with Gasteiger partial charge in [-0.1, -0.05) is 0 Å². The molecular weight excluding hydrogens is 259 g/mol. The topological polar surface area (TPSA) is 50.4 Å². The van der Waals surface area contributed by atoms with Gasteiger partial charge in [0.05, 0.1) is 18.5 Å². The molecule has 2 N–H and O–H groups in total. The molecule has 1 amide bonds. The van der Waals surface area contributed by atoms with E-state index in [9.17, 15) is 9.18 Å². The molecule has 5 heteroatoms. The van der Waals surface area contributed by atoms with Gasteiger partial charge in [0.15, 0.2) is 0 Å². The van der Waals surface area contributed by atoms with Crippen molar-refractivity contribution in [2.45, 2.75) is 31.8 Å². The number of nitrogens with one attached hydrogen (secondary N) is 2. The van der Waals surface area contributed by atoms with Crippen molar-refractivity contribution < 1.29 is 13.9 Å². The number of allylic oxidation sites excluding steroid dienone is 1. The lowest BCUT2D eigenvalue weighted by molar-refractivity contribution is -0.116. The van der Waals surface area contributed by atoms with Gasteiger partial charge in [-0.25, -0.2) is 4.39 Å². The number of hydrogen-bond donors (Lipinski definition) is 2. The van der Waals surface area contributed by atoms with Crippen LogP contribution in [0.15, 0.2) is 24.5 Å². The molecular formula is C15H17FN2O2. The molecule has 0 fully saturated rings. The van der Waals surface area contributed by atoms with Crippen LogP contribution >= 0.6 is 0 Å². The molecule has 0 bridgehead atoms. The lowest BCUT2D eigenvalue weighted by Gasteiger charge is -2.22. The summed E-state index contributed by atoms with van der Waals surface area (Å²) in [6.07, 6.45) is 6.65. The Morgan fingerprint density at radius 3 is 3.10 bits per heavy atom. The van der Waals surface area contributed by atoms with E-state index in [-0.39, 0.29) is 17.8 Å². The summed E-state index contributed by atoms with van der Waals surface area (Å²) in [4.78, 5) is 11.4. The van der Waals surface area contributed by atoms with Gasteiger partial charge in [0.2, 0.25) is 5.91 Å². The summed E-state index contributed by atoms with van der Waals surface area (Å²) in [6, 6.07) is 3.17. The highest BCUT2D eigenvalue weighted by Gasteiger charge is 2.18. The number of carbonyl (C=O) groups is 1. The third kappa shape index (κ3) is 2.76. The fraction of sp³-hybridized carbons (Fsp3) is 0.400. The Labute approximate surface area is 117 Å². The van der Waals surface area contributed by atoms with Gasteiger partial charge in [0.1, 0.15) is 11.9 Å². The molecule has 0 aromatic heterocycles. The summed E-state index contributed by atoms with van der Waals surface area (Å²) in [5, 5.41) is 5.84. The summed E-state index contributed by atoms with van der Waals surface area (Å²) >= 11 is 0. The first kappa shape index (κ1) is 13.0. The summed E-state index contributed by atoms with van der Waals surface area (Å²) in [6.45, 7) is 0.550. The fourth-order valence-electron chi connectivity index (χ4n) is 2.49. The molecule has 1 atom stereocenters. The molecule has 1 unspecified atom stereocenters. The van der Waals surface area contributed by atoms with Crippen molar-refractivity contribution in [3.63, 3.8) is 0 Å². The molecule has 0 spiro atoms. The standard InChI is InChI=1S/C15H17FN2O2/c16-12-7-10-4-5-15(19)18-13(10)8-14(12)17-9-11-3-1-2-6-20-11/h2,6-8,11,17H,1,3-5,9H2,(H,18,19). The summed E-state index contributed by atoms with van der Waals surface area (Å²) in [7, 11) is 0. The van der Waals surface area contributed by atoms with E-state index in [0.717, 1.165) is 18.4 Å². The summed E-state index contributed by atoms with van der Waals surface area (Å²) in [5.74, 6) is -0.304. The molecule has 20 heavy (non-hydrogen) atoms. The van der Waals surface area contributed by atoms with Crippen LogP contribution in [0.2, 0.25) is 0 Å². The van der Waals surface area contributed by atoms with E-state index in [0.29, 0.717) is 30.8 Å². The number of carbonyl (C=O) groups excluding carboxylic acids is 1. The lowest BCUT2D eigenvalue weighted by Crippen LogP contribution is -2.24. The number of halogens is 1. The molecule has 0 saturated carbocycles. The minimum absolute atomic E-state index is 0.0178. The summed E-state index contributed by atoms with van der Waals surface area (Å²) in [5.41, 5.74) is 1.96. The fourth-order valence-corrected chi connectivity index (χ4v) is 2.49. The van der Waals surface area contributed by atoms with Gasteiger partial charge in [-0.05, 0) is 43.0 Å². The molecule has 1 aromatic rings. The van der Waals surface area contributed by atoms with Crippen LogP contribution < -0.4 is 10.6 Å². The minimum Gasteiger partial charge on any atom is -0.497 e. The number of aryl methyl sites for hydroxylation is 1. The third-order valence-corrected chi connectivity index (χ3v) is 3.63. The molecule has 0 saturated heterocycles. The van der Waals surface area contributed by atoms with Crippen molar-refractivity contribution >= 4 is 17.3 Å². The van der Waals surface area contributed by atoms with Gasteiger partial charge >= 0.3 is 0 Å². The SMILES string of the molecule is O=C1CCc2cc(F)c(NCC3CCC=CO3)cc2N1. The number of amides is 1. The first-order valence-corrected chi connectivity index (χ1v) is 6.89. The van der Waals surface area contributed by atoms with Gasteiger partial charge in [0, 0.05) is 12.1 Å². The normalized spacial score (nSPS) is 20.9. The quantitative estimate of drug-likeness (QED) is 0.892. The van der Waals surface area contributed by atoms with Crippen LogP contribution in [0.25, 0.3) is 0 Å². The first-order chi connectivity index (χ1) is 9.72. The Balaban J connectivity index is 1.71. The van der Waals surface area contributed by atoms with Gasteiger partial charge in [-0.15, -0.1) is 0 Å². The smallest absolute Gasteiger partial charge is 0.224 e.